The highest BCUT2D eigenvalue weighted by atomic mass is 32.2. The molecular formula is C12H15NO3S. The van der Waals surface area contributed by atoms with Gasteiger partial charge in [0.05, 0.1) is 0 Å². The highest BCUT2D eigenvalue weighted by Gasteiger charge is 2.20. The van der Waals surface area contributed by atoms with Crippen molar-refractivity contribution in [3.05, 3.63) is 35.4 Å². The maximum atomic E-state index is 11.9. The van der Waals surface area contributed by atoms with Gasteiger partial charge in [0.15, 0.2) is 0 Å². The van der Waals surface area contributed by atoms with Crippen LogP contribution in [0.5, 0.6) is 0 Å². The lowest BCUT2D eigenvalue weighted by molar-refractivity contribution is -0.138. The van der Waals surface area contributed by atoms with E-state index in [1.807, 2.05) is 19.1 Å². The Morgan fingerprint density at radius 2 is 2.06 bits per heavy atom. The third kappa shape index (κ3) is 3.78. The largest absolute Gasteiger partial charge is 0.480 e. The number of hydrogen-bond acceptors (Lipinski definition) is 3. The molecule has 0 radical (unpaired) electrons. The Hall–Kier alpha value is -1.49. The molecule has 5 heteroatoms. The Morgan fingerprint density at radius 3 is 2.59 bits per heavy atom. The third-order valence-corrected chi connectivity index (χ3v) is 2.99. The predicted molar refractivity (Wildman–Crippen MR) is 68.5 cm³/mol. The Balaban J connectivity index is 2.77. The molecule has 0 aliphatic rings. The standard InChI is InChI=1S/C12H15NO3S/c1-8-5-3-4-6-9(8)11(14)13-10(7-17-2)12(15)16/h3-6,10H,7H2,1-2H3,(H,13,14)(H,15,16). The zero-order valence-electron chi connectivity index (χ0n) is 9.77. The zero-order valence-corrected chi connectivity index (χ0v) is 10.6. The number of carboxylic acids is 1. The summed E-state index contributed by atoms with van der Waals surface area (Å²) in [4.78, 5) is 22.8. The van der Waals surface area contributed by atoms with Crippen LogP contribution in [0.3, 0.4) is 0 Å². The first-order valence-corrected chi connectivity index (χ1v) is 6.54. The minimum absolute atomic E-state index is 0.343. The van der Waals surface area contributed by atoms with Crippen molar-refractivity contribution in [1.82, 2.24) is 5.32 Å². The fraction of sp³-hybridized carbons (Fsp3) is 0.333. The molecule has 0 saturated heterocycles. The van der Waals surface area contributed by atoms with Crippen molar-refractivity contribution in [3.8, 4) is 0 Å². The summed E-state index contributed by atoms with van der Waals surface area (Å²) in [6.45, 7) is 1.82. The van der Waals surface area contributed by atoms with E-state index in [4.69, 9.17) is 5.11 Å². The van der Waals surface area contributed by atoms with Crippen LogP contribution < -0.4 is 5.32 Å². The van der Waals surface area contributed by atoms with Crippen molar-refractivity contribution in [2.75, 3.05) is 12.0 Å². The number of aryl methyl sites for hydroxylation is 1. The molecule has 4 nitrogen and oxygen atoms in total. The van der Waals surface area contributed by atoms with Gasteiger partial charge in [0, 0.05) is 11.3 Å². The topological polar surface area (TPSA) is 66.4 Å². The summed E-state index contributed by atoms with van der Waals surface area (Å²) in [5.74, 6) is -1.00. The lowest BCUT2D eigenvalue weighted by Gasteiger charge is -2.14. The lowest BCUT2D eigenvalue weighted by Crippen LogP contribution is -2.42. The van der Waals surface area contributed by atoms with Crippen LogP contribution >= 0.6 is 11.8 Å². The molecular weight excluding hydrogens is 238 g/mol. The van der Waals surface area contributed by atoms with E-state index in [2.05, 4.69) is 5.32 Å². The van der Waals surface area contributed by atoms with Crippen LogP contribution in [-0.4, -0.2) is 35.0 Å². The maximum absolute atomic E-state index is 11.9. The normalized spacial score (nSPS) is 11.9. The molecule has 0 heterocycles. The van der Waals surface area contributed by atoms with Crippen molar-refractivity contribution >= 4 is 23.6 Å². The van der Waals surface area contributed by atoms with Gasteiger partial charge in [0.2, 0.25) is 0 Å². The van der Waals surface area contributed by atoms with Crippen LogP contribution in [-0.2, 0) is 4.79 Å². The second-order valence-electron chi connectivity index (χ2n) is 3.63. The number of aliphatic carboxylic acids is 1. The van der Waals surface area contributed by atoms with E-state index < -0.39 is 12.0 Å². The van der Waals surface area contributed by atoms with E-state index in [1.54, 1.807) is 18.4 Å². The van der Waals surface area contributed by atoms with Crippen LogP contribution in [0.15, 0.2) is 24.3 Å². The molecule has 1 rings (SSSR count). The minimum atomic E-state index is -1.01. The van der Waals surface area contributed by atoms with Crippen molar-refractivity contribution < 1.29 is 14.7 Å². The second-order valence-corrected chi connectivity index (χ2v) is 4.55. The van der Waals surface area contributed by atoms with E-state index >= 15 is 0 Å². The molecule has 1 amide bonds. The highest BCUT2D eigenvalue weighted by molar-refractivity contribution is 7.98. The molecule has 92 valence electrons. The molecule has 0 aliphatic heterocycles. The SMILES string of the molecule is CSCC(NC(=O)c1ccccc1C)C(=O)O. The minimum Gasteiger partial charge on any atom is -0.480 e. The van der Waals surface area contributed by atoms with Gasteiger partial charge in [0.1, 0.15) is 6.04 Å². The van der Waals surface area contributed by atoms with Gasteiger partial charge in [-0.3, -0.25) is 4.79 Å². The molecule has 1 aromatic carbocycles. The molecule has 0 bridgehead atoms. The summed E-state index contributed by atoms with van der Waals surface area (Å²) in [6, 6.07) is 6.24. The van der Waals surface area contributed by atoms with Crippen LogP contribution in [0.25, 0.3) is 0 Å². The fourth-order valence-electron chi connectivity index (χ4n) is 1.41. The van der Waals surface area contributed by atoms with E-state index in [1.165, 1.54) is 11.8 Å². The molecule has 0 aromatic heterocycles. The number of benzene rings is 1. The van der Waals surface area contributed by atoms with E-state index in [9.17, 15) is 9.59 Å². The molecule has 1 unspecified atom stereocenters. The lowest BCUT2D eigenvalue weighted by atomic mass is 10.1. The monoisotopic (exact) mass is 253 g/mol. The quantitative estimate of drug-likeness (QED) is 0.835. The molecule has 0 spiro atoms. The highest BCUT2D eigenvalue weighted by Crippen LogP contribution is 2.07. The van der Waals surface area contributed by atoms with Gasteiger partial charge < -0.3 is 10.4 Å². The second kappa shape index (κ2) is 6.30. The molecule has 0 saturated carbocycles. The van der Waals surface area contributed by atoms with E-state index in [0.717, 1.165) is 5.56 Å². The summed E-state index contributed by atoms with van der Waals surface area (Å²) in [6.07, 6.45) is 1.80. The van der Waals surface area contributed by atoms with Crippen LogP contribution in [0.4, 0.5) is 0 Å². The van der Waals surface area contributed by atoms with Gasteiger partial charge in [-0.15, -0.1) is 0 Å². The van der Waals surface area contributed by atoms with Gasteiger partial charge in [0.25, 0.3) is 5.91 Å². The molecule has 17 heavy (non-hydrogen) atoms. The Bertz CT molecular complexity index is 420. The first kappa shape index (κ1) is 13.6. The summed E-state index contributed by atoms with van der Waals surface area (Å²) >= 11 is 1.38. The first-order valence-electron chi connectivity index (χ1n) is 5.14. The third-order valence-electron chi connectivity index (χ3n) is 2.33. The number of rotatable bonds is 5. The number of carbonyl (C=O) groups excluding carboxylic acids is 1. The van der Waals surface area contributed by atoms with Gasteiger partial charge in [-0.1, -0.05) is 18.2 Å². The summed E-state index contributed by atoms with van der Waals surface area (Å²) in [7, 11) is 0. The molecule has 0 fully saturated rings. The molecule has 0 aliphatic carbocycles. The number of amides is 1. The Morgan fingerprint density at radius 1 is 1.41 bits per heavy atom. The first-order chi connectivity index (χ1) is 8.06. The van der Waals surface area contributed by atoms with Gasteiger partial charge in [-0.05, 0) is 24.8 Å². The molecule has 2 N–H and O–H groups in total. The van der Waals surface area contributed by atoms with Crippen LogP contribution in [0.1, 0.15) is 15.9 Å². The van der Waals surface area contributed by atoms with Crippen molar-refractivity contribution in [2.24, 2.45) is 0 Å². The fourth-order valence-corrected chi connectivity index (χ4v) is 1.96. The summed E-state index contributed by atoms with van der Waals surface area (Å²) in [5, 5.41) is 11.5. The van der Waals surface area contributed by atoms with Crippen molar-refractivity contribution in [3.63, 3.8) is 0 Å². The number of carboxylic acid groups (broad SMARTS) is 1. The van der Waals surface area contributed by atoms with Gasteiger partial charge in [-0.2, -0.15) is 11.8 Å². The molecule has 1 atom stereocenters. The zero-order chi connectivity index (χ0) is 12.8. The number of carbonyl (C=O) groups is 2. The van der Waals surface area contributed by atoms with E-state index in [0.29, 0.717) is 11.3 Å². The van der Waals surface area contributed by atoms with Crippen LogP contribution in [0, 0.1) is 6.92 Å². The van der Waals surface area contributed by atoms with Crippen LogP contribution in [0.2, 0.25) is 0 Å². The number of hydrogen-bond donors (Lipinski definition) is 2. The van der Waals surface area contributed by atoms with Gasteiger partial charge >= 0.3 is 5.97 Å². The van der Waals surface area contributed by atoms with Crippen molar-refractivity contribution in [1.29, 1.82) is 0 Å². The smallest absolute Gasteiger partial charge is 0.327 e. The number of thioether (sulfide) groups is 1. The Labute approximate surface area is 104 Å². The van der Waals surface area contributed by atoms with Crippen molar-refractivity contribution in [2.45, 2.75) is 13.0 Å². The summed E-state index contributed by atoms with van der Waals surface area (Å²) < 4.78 is 0. The summed E-state index contributed by atoms with van der Waals surface area (Å²) in [5.41, 5.74) is 1.35. The molecule has 1 aromatic rings. The van der Waals surface area contributed by atoms with E-state index in [-0.39, 0.29) is 5.91 Å². The predicted octanol–water partition coefficient (Wildman–Crippen LogP) is 1.54. The van der Waals surface area contributed by atoms with Gasteiger partial charge in [-0.25, -0.2) is 4.79 Å². The number of nitrogens with one attached hydrogen (secondary N) is 1. The average molecular weight is 253 g/mol. The maximum Gasteiger partial charge on any atom is 0.327 e. The Kier molecular flexibility index (Phi) is 5.03. The average Bonchev–Trinajstić information content (AvgIpc) is 2.28.